The summed E-state index contributed by atoms with van der Waals surface area (Å²) in [5.41, 5.74) is 15.0. The van der Waals surface area contributed by atoms with Crippen molar-refractivity contribution >= 4 is 61.7 Å². The largest absolute Gasteiger partial charge is 0.509 e. The fourth-order valence-corrected chi connectivity index (χ4v) is 9.36. The zero-order chi connectivity index (χ0) is 42.9. The minimum Gasteiger partial charge on any atom is -0.509 e. The topological polar surface area (TPSA) is 36.8 Å². The molecule has 0 atom stereocenters. The van der Waals surface area contributed by atoms with Gasteiger partial charge in [0.15, 0.2) is 0 Å². The van der Waals surface area contributed by atoms with Crippen molar-refractivity contribution in [3.63, 3.8) is 0 Å². The molecular weight excluding hydrogens is 978 g/mol. The molecule has 0 spiro atoms. The van der Waals surface area contributed by atoms with Gasteiger partial charge in [-0.15, -0.1) is 48.3 Å². The van der Waals surface area contributed by atoms with E-state index in [2.05, 4.69) is 229 Å². The van der Waals surface area contributed by atoms with Crippen molar-refractivity contribution in [1.82, 2.24) is 9.55 Å². The first-order chi connectivity index (χ1) is 31.4. The van der Waals surface area contributed by atoms with Crippen molar-refractivity contribution in [1.29, 1.82) is 0 Å². The summed E-state index contributed by atoms with van der Waals surface area (Å²) in [4.78, 5) is 11.7. The van der Waals surface area contributed by atoms with Crippen LogP contribution < -0.4 is 19.4 Å². The van der Waals surface area contributed by atoms with Gasteiger partial charge in [-0.2, -0.15) is 12.1 Å². The average Bonchev–Trinajstić information content (AvgIpc) is 3.85. The Morgan fingerprint density at radius 3 is 1.97 bits per heavy atom. The van der Waals surface area contributed by atoms with E-state index in [1.807, 2.05) is 24.4 Å². The smallest absolute Gasteiger partial charge is 0.135 e. The van der Waals surface area contributed by atoms with E-state index in [0.29, 0.717) is 11.5 Å². The van der Waals surface area contributed by atoms with E-state index < -0.39 is 0 Å². The normalized spacial score (nSPS) is 12.9. The quantitative estimate of drug-likeness (QED) is 0.155. The van der Waals surface area contributed by atoms with Crippen LogP contribution in [-0.4, -0.2) is 9.55 Å². The third-order valence-electron chi connectivity index (χ3n) is 12.4. The van der Waals surface area contributed by atoms with Crippen molar-refractivity contribution in [2.45, 2.75) is 26.2 Å². The van der Waals surface area contributed by atoms with Crippen LogP contribution in [0.15, 0.2) is 194 Å². The molecule has 12 rings (SSSR count). The molecule has 65 heavy (non-hydrogen) atoms. The first-order valence-corrected chi connectivity index (χ1v) is 21.7. The molecule has 8 aromatic carbocycles. The maximum atomic E-state index is 6.74. The molecule has 10 aromatic rings. The molecule has 4 heterocycles. The molecule has 0 unspecified atom stereocenters. The molecule has 0 saturated carbocycles. The first-order valence-electron chi connectivity index (χ1n) is 21.7. The van der Waals surface area contributed by atoms with Gasteiger partial charge in [-0.3, -0.25) is 0 Å². The van der Waals surface area contributed by atoms with Crippen molar-refractivity contribution < 1.29 is 25.8 Å². The van der Waals surface area contributed by atoms with E-state index in [-0.39, 0.29) is 26.5 Å². The predicted octanol–water partition coefficient (Wildman–Crippen LogP) is 15.4. The van der Waals surface area contributed by atoms with Crippen LogP contribution >= 0.6 is 0 Å². The van der Waals surface area contributed by atoms with E-state index in [1.54, 1.807) is 0 Å². The van der Waals surface area contributed by atoms with Gasteiger partial charge in [0.25, 0.3) is 0 Å². The van der Waals surface area contributed by atoms with Crippen molar-refractivity contribution in [2.75, 3.05) is 14.7 Å². The molecule has 7 heteroatoms. The van der Waals surface area contributed by atoms with Gasteiger partial charge in [-0.05, 0) is 77.2 Å². The summed E-state index contributed by atoms with van der Waals surface area (Å²) in [6, 6.07) is 73.5. The number of fused-ring (bicyclic) bond motifs is 9. The maximum absolute atomic E-state index is 6.74. The van der Waals surface area contributed by atoms with Crippen LogP contribution in [0, 0.1) is 18.8 Å². The second-order valence-electron chi connectivity index (χ2n) is 17.4. The van der Waals surface area contributed by atoms with Gasteiger partial charge >= 0.3 is 0 Å². The molecule has 0 fully saturated rings. The molecule has 2 aliphatic heterocycles. The Balaban J connectivity index is 0.00000469. The molecule has 0 amide bonds. The average molecular weight is 1020 g/mol. The van der Waals surface area contributed by atoms with E-state index in [9.17, 15) is 0 Å². The summed E-state index contributed by atoms with van der Waals surface area (Å²) < 4.78 is 9.10. The number of nitrogens with zero attached hydrogens (tertiary/aromatic N) is 5. The predicted molar refractivity (Wildman–Crippen MR) is 262 cm³/mol. The van der Waals surface area contributed by atoms with Crippen LogP contribution in [0.2, 0.25) is 0 Å². The monoisotopic (exact) mass is 1020 g/mol. The molecule has 2 aromatic heterocycles. The summed E-state index contributed by atoms with van der Waals surface area (Å²) in [5.74, 6) is 1.99. The van der Waals surface area contributed by atoms with Crippen molar-refractivity contribution in [3.05, 3.63) is 219 Å². The second kappa shape index (κ2) is 16.0. The Bertz CT molecular complexity index is 3430. The number of benzene rings is 8. The van der Waals surface area contributed by atoms with E-state index in [4.69, 9.17) is 9.72 Å². The summed E-state index contributed by atoms with van der Waals surface area (Å²) in [5, 5.41) is 2.44. The maximum Gasteiger partial charge on any atom is 0.135 e. The van der Waals surface area contributed by atoms with Gasteiger partial charge in [-0.1, -0.05) is 129 Å². The molecule has 0 aliphatic carbocycles. The number of hydrogen-bond acceptors (Lipinski definition) is 5. The number of ether oxygens (including phenoxy) is 1. The molecule has 2 aliphatic rings. The van der Waals surface area contributed by atoms with Gasteiger partial charge in [0.2, 0.25) is 0 Å². The van der Waals surface area contributed by atoms with Gasteiger partial charge in [0.1, 0.15) is 5.82 Å². The Hall–Kier alpha value is -7.40. The van der Waals surface area contributed by atoms with Gasteiger partial charge in [-0.25, -0.2) is 4.98 Å². The number of aromatic nitrogens is 2. The Labute approximate surface area is 393 Å². The van der Waals surface area contributed by atoms with Crippen molar-refractivity contribution in [3.8, 4) is 39.4 Å². The Morgan fingerprint density at radius 2 is 1.17 bits per heavy atom. The minimum absolute atomic E-state index is 0. The van der Waals surface area contributed by atoms with E-state index in [0.717, 1.165) is 73.4 Å². The number of anilines is 7. The molecule has 318 valence electrons. The molecule has 6 nitrogen and oxygen atoms in total. The zero-order valence-corrected chi connectivity index (χ0v) is 38.3. The number of rotatable bonds is 6. The summed E-state index contributed by atoms with van der Waals surface area (Å²) in [6.45, 7) is 8.85. The summed E-state index contributed by atoms with van der Waals surface area (Å²) >= 11 is 0. The minimum atomic E-state index is -0.0635. The van der Waals surface area contributed by atoms with E-state index >= 15 is 0 Å². The third-order valence-corrected chi connectivity index (χ3v) is 12.4. The second-order valence-corrected chi connectivity index (χ2v) is 17.4. The van der Waals surface area contributed by atoms with Crippen LogP contribution in [-0.2, 0) is 26.5 Å². The van der Waals surface area contributed by atoms with Crippen LogP contribution in [0.3, 0.4) is 0 Å². The Morgan fingerprint density at radius 1 is 0.508 bits per heavy atom. The molecular formula is C58H42N5OPt-3. The zero-order valence-electron chi connectivity index (χ0n) is 36.0. The first kappa shape index (κ1) is 40.4. The van der Waals surface area contributed by atoms with Crippen LogP contribution in [0.4, 0.5) is 39.9 Å². The standard InChI is InChI=1S/C58H42N5O.Pt/c1-58(2,3)39-32-33-59-57(34-39)63-52-25-12-9-22-47(52)45-20-7-8-21-46(45)49-31-29-44(37-56(49)63)64-43-19-15-18-41(35-43)60-38-61(54-27-14-13-26-53(54)60)42-28-30-50-48-23-10-11-24-51(48)62(55(50)36-42)40-16-5-4-6-17-40;/h4-34,36,38H,1-3H3;/q-3;. The van der Waals surface area contributed by atoms with E-state index in [1.165, 1.54) is 21.9 Å². The fourth-order valence-electron chi connectivity index (χ4n) is 9.36. The Kier molecular flexibility index (Phi) is 9.93. The fraction of sp³-hybridized carbons (Fsp3) is 0.0690. The third kappa shape index (κ3) is 6.88. The van der Waals surface area contributed by atoms with Crippen molar-refractivity contribution in [2.24, 2.45) is 0 Å². The number of para-hydroxylation sites is 5. The van der Waals surface area contributed by atoms with Gasteiger partial charge in [0, 0.05) is 77.8 Å². The van der Waals surface area contributed by atoms with Crippen LogP contribution in [0.1, 0.15) is 26.3 Å². The molecule has 0 saturated heterocycles. The molecule has 0 bridgehead atoms. The number of pyridine rings is 1. The number of hydrogen-bond donors (Lipinski definition) is 0. The molecule has 0 N–H and O–H groups in total. The van der Waals surface area contributed by atoms with Gasteiger partial charge in [0.05, 0.1) is 16.7 Å². The SMILES string of the molecule is CC(C)(C)c1ccnc(N2c3[c-]c(Oc4[c-]c(N5[CH-]N(c6ccc7c8ccccc8n(-c8ccccc8)c7c6)c6ccccc65)ccc4)ccc3-c3ccccc3-c3ccccc32)c1.[Pt]. The van der Waals surface area contributed by atoms with Crippen LogP contribution in [0.25, 0.3) is 49.7 Å². The molecule has 0 radical (unpaired) electrons. The summed E-state index contributed by atoms with van der Waals surface area (Å²) in [6.07, 6.45) is 1.91. The van der Waals surface area contributed by atoms with Gasteiger partial charge < -0.3 is 24.0 Å². The van der Waals surface area contributed by atoms with Crippen LogP contribution in [0.5, 0.6) is 11.5 Å². The summed E-state index contributed by atoms with van der Waals surface area (Å²) in [7, 11) is 0.